The van der Waals surface area contributed by atoms with Crippen molar-refractivity contribution in [3.63, 3.8) is 0 Å². The smallest absolute Gasteiger partial charge is 0.244 e. The average molecular weight is 327 g/mol. The van der Waals surface area contributed by atoms with E-state index >= 15 is 0 Å². The normalized spacial score (nSPS) is 12.9. The van der Waals surface area contributed by atoms with Gasteiger partial charge in [0, 0.05) is 17.7 Å². The predicted molar refractivity (Wildman–Crippen MR) is 78.1 cm³/mol. The fraction of sp³-hybridized carbons (Fsp3) is 0.200. The molecule has 118 valence electrons. The van der Waals surface area contributed by atoms with Crippen LogP contribution in [0.4, 0.5) is 8.78 Å². The average Bonchev–Trinajstić information content (AvgIpc) is 2.46. The SMILES string of the molecule is COc1ccccc1[C@H](C)NS(=O)(=O)c1ccc(F)cc1F. The molecule has 22 heavy (non-hydrogen) atoms. The Bertz CT molecular complexity index is 778. The molecule has 0 amide bonds. The van der Waals surface area contributed by atoms with Gasteiger partial charge >= 0.3 is 0 Å². The van der Waals surface area contributed by atoms with Gasteiger partial charge < -0.3 is 4.74 Å². The largest absolute Gasteiger partial charge is 0.496 e. The van der Waals surface area contributed by atoms with Crippen LogP contribution in [0.25, 0.3) is 0 Å². The summed E-state index contributed by atoms with van der Waals surface area (Å²) in [6.07, 6.45) is 0. The van der Waals surface area contributed by atoms with Crippen molar-refractivity contribution in [1.29, 1.82) is 0 Å². The number of sulfonamides is 1. The van der Waals surface area contributed by atoms with Crippen LogP contribution in [-0.4, -0.2) is 15.5 Å². The third-order valence-corrected chi connectivity index (χ3v) is 4.69. The van der Waals surface area contributed by atoms with E-state index in [9.17, 15) is 17.2 Å². The lowest BCUT2D eigenvalue weighted by Crippen LogP contribution is -2.28. The molecule has 0 radical (unpaired) electrons. The van der Waals surface area contributed by atoms with Crippen LogP contribution in [0.2, 0.25) is 0 Å². The molecule has 0 spiro atoms. The fourth-order valence-electron chi connectivity index (χ4n) is 2.08. The van der Waals surface area contributed by atoms with E-state index in [1.807, 2.05) is 0 Å². The molecule has 2 aromatic rings. The van der Waals surface area contributed by atoms with Gasteiger partial charge in [0.1, 0.15) is 22.3 Å². The van der Waals surface area contributed by atoms with Gasteiger partial charge in [0.2, 0.25) is 10.0 Å². The zero-order valence-corrected chi connectivity index (χ0v) is 12.8. The van der Waals surface area contributed by atoms with Crippen LogP contribution in [0.5, 0.6) is 5.75 Å². The van der Waals surface area contributed by atoms with Gasteiger partial charge in [-0.15, -0.1) is 0 Å². The monoisotopic (exact) mass is 327 g/mol. The van der Waals surface area contributed by atoms with E-state index in [2.05, 4.69) is 4.72 Å². The minimum absolute atomic E-state index is 0.511. The molecule has 0 aliphatic carbocycles. The van der Waals surface area contributed by atoms with Crippen molar-refractivity contribution in [3.8, 4) is 5.75 Å². The third kappa shape index (κ3) is 3.42. The molecule has 0 saturated heterocycles. The summed E-state index contributed by atoms with van der Waals surface area (Å²) < 4.78 is 58.5. The summed E-state index contributed by atoms with van der Waals surface area (Å²) in [5.41, 5.74) is 0.607. The van der Waals surface area contributed by atoms with Gasteiger partial charge in [-0.3, -0.25) is 0 Å². The van der Waals surface area contributed by atoms with Gasteiger partial charge in [-0.25, -0.2) is 21.9 Å². The van der Waals surface area contributed by atoms with Gasteiger partial charge in [-0.2, -0.15) is 0 Å². The Hall–Kier alpha value is -1.99. The zero-order chi connectivity index (χ0) is 16.3. The summed E-state index contributed by atoms with van der Waals surface area (Å²) in [7, 11) is -2.66. The lowest BCUT2D eigenvalue weighted by atomic mass is 10.1. The highest BCUT2D eigenvalue weighted by Crippen LogP contribution is 2.26. The summed E-state index contributed by atoms with van der Waals surface area (Å²) in [6, 6.07) is 8.55. The van der Waals surface area contributed by atoms with E-state index in [-0.39, 0.29) is 0 Å². The van der Waals surface area contributed by atoms with Crippen molar-refractivity contribution in [1.82, 2.24) is 4.72 Å². The Morgan fingerprint density at radius 1 is 1.14 bits per heavy atom. The summed E-state index contributed by atoms with van der Waals surface area (Å²) in [5, 5.41) is 0. The van der Waals surface area contributed by atoms with E-state index in [0.29, 0.717) is 17.4 Å². The van der Waals surface area contributed by atoms with Crippen molar-refractivity contribution in [2.45, 2.75) is 17.9 Å². The predicted octanol–water partition coefficient (Wildman–Crippen LogP) is 3.01. The minimum atomic E-state index is -4.13. The maximum absolute atomic E-state index is 13.7. The summed E-state index contributed by atoms with van der Waals surface area (Å²) in [6.45, 7) is 1.61. The molecule has 2 aromatic carbocycles. The Balaban J connectivity index is 2.32. The number of halogens is 2. The molecular weight excluding hydrogens is 312 g/mol. The topological polar surface area (TPSA) is 55.4 Å². The first-order chi connectivity index (χ1) is 10.3. The molecule has 0 saturated carbocycles. The van der Waals surface area contributed by atoms with Gasteiger partial charge in [0.15, 0.2) is 0 Å². The van der Waals surface area contributed by atoms with Gasteiger partial charge in [-0.1, -0.05) is 18.2 Å². The first-order valence-electron chi connectivity index (χ1n) is 6.45. The molecule has 1 atom stereocenters. The van der Waals surface area contributed by atoms with E-state index in [4.69, 9.17) is 4.74 Å². The first-order valence-corrected chi connectivity index (χ1v) is 7.94. The highest BCUT2D eigenvalue weighted by Gasteiger charge is 2.23. The van der Waals surface area contributed by atoms with E-state index < -0.39 is 32.6 Å². The zero-order valence-electron chi connectivity index (χ0n) is 12.0. The molecule has 0 bridgehead atoms. The highest BCUT2D eigenvalue weighted by molar-refractivity contribution is 7.89. The van der Waals surface area contributed by atoms with Crippen LogP contribution in [0.1, 0.15) is 18.5 Å². The van der Waals surface area contributed by atoms with Crippen molar-refractivity contribution in [3.05, 3.63) is 59.7 Å². The number of benzene rings is 2. The standard InChI is InChI=1S/C15H15F2NO3S/c1-10(12-5-3-4-6-14(12)21-2)18-22(19,20)15-8-7-11(16)9-13(15)17/h3-10,18H,1-2H3/t10-/m0/s1. The maximum atomic E-state index is 13.7. The molecule has 0 aliphatic rings. The number of nitrogens with one attached hydrogen (secondary N) is 1. The Kier molecular flexibility index (Phi) is 4.77. The molecule has 0 aromatic heterocycles. The lowest BCUT2D eigenvalue weighted by molar-refractivity contribution is 0.405. The van der Waals surface area contributed by atoms with Gasteiger partial charge in [0.05, 0.1) is 7.11 Å². The molecule has 0 fully saturated rings. The maximum Gasteiger partial charge on any atom is 0.244 e. The number of para-hydroxylation sites is 1. The van der Waals surface area contributed by atoms with Crippen LogP contribution in [-0.2, 0) is 10.0 Å². The Morgan fingerprint density at radius 3 is 2.45 bits per heavy atom. The quantitative estimate of drug-likeness (QED) is 0.918. The molecule has 4 nitrogen and oxygen atoms in total. The summed E-state index contributed by atoms with van der Waals surface area (Å²) in [5.74, 6) is -1.47. The Labute approximate surface area is 127 Å². The number of rotatable bonds is 5. The molecule has 1 N–H and O–H groups in total. The van der Waals surface area contributed by atoms with Crippen LogP contribution in [0.3, 0.4) is 0 Å². The van der Waals surface area contributed by atoms with E-state index in [1.54, 1.807) is 31.2 Å². The Morgan fingerprint density at radius 2 is 1.82 bits per heavy atom. The van der Waals surface area contributed by atoms with Crippen LogP contribution in [0.15, 0.2) is 47.4 Å². The minimum Gasteiger partial charge on any atom is -0.496 e. The number of methoxy groups -OCH3 is 1. The van der Waals surface area contributed by atoms with Crippen molar-refractivity contribution >= 4 is 10.0 Å². The van der Waals surface area contributed by atoms with Crippen molar-refractivity contribution in [2.75, 3.05) is 7.11 Å². The first kappa shape index (κ1) is 16.4. The van der Waals surface area contributed by atoms with Crippen LogP contribution in [0, 0.1) is 11.6 Å². The second-order valence-corrected chi connectivity index (χ2v) is 6.34. The summed E-state index contributed by atoms with van der Waals surface area (Å²) in [4.78, 5) is -0.601. The fourth-order valence-corrected chi connectivity index (χ4v) is 3.36. The molecular formula is C15H15F2NO3S. The van der Waals surface area contributed by atoms with Gasteiger partial charge in [-0.05, 0) is 25.1 Å². The number of ether oxygens (including phenoxy) is 1. The highest BCUT2D eigenvalue weighted by atomic mass is 32.2. The van der Waals surface area contributed by atoms with Crippen LogP contribution < -0.4 is 9.46 Å². The van der Waals surface area contributed by atoms with Crippen molar-refractivity contribution in [2.24, 2.45) is 0 Å². The second-order valence-electron chi connectivity index (χ2n) is 4.66. The molecule has 7 heteroatoms. The lowest BCUT2D eigenvalue weighted by Gasteiger charge is -2.17. The molecule has 0 unspecified atom stereocenters. The third-order valence-electron chi connectivity index (χ3n) is 3.12. The summed E-state index contributed by atoms with van der Waals surface area (Å²) >= 11 is 0. The van der Waals surface area contributed by atoms with Gasteiger partial charge in [0.25, 0.3) is 0 Å². The molecule has 0 heterocycles. The number of hydrogen-bond donors (Lipinski definition) is 1. The van der Waals surface area contributed by atoms with Crippen molar-refractivity contribution < 1.29 is 21.9 Å². The van der Waals surface area contributed by atoms with Crippen LogP contribution >= 0.6 is 0 Å². The number of hydrogen-bond acceptors (Lipinski definition) is 3. The molecule has 2 rings (SSSR count). The second kappa shape index (κ2) is 6.41. The van der Waals surface area contributed by atoms with E-state index in [0.717, 1.165) is 12.1 Å². The van der Waals surface area contributed by atoms with E-state index in [1.165, 1.54) is 7.11 Å². The molecule has 0 aliphatic heterocycles.